The van der Waals surface area contributed by atoms with Crippen molar-refractivity contribution in [2.24, 2.45) is 0 Å². The highest BCUT2D eigenvalue weighted by Gasteiger charge is 2.27. The van der Waals surface area contributed by atoms with Gasteiger partial charge in [-0.2, -0.15) is 0 Å². The Morgan fingerprint density at radius 3 is 2.28 bits per heavy atom. The number of amides is 1. The summed E-state index contributed by atoms with van der Waals surface area (Å²) in [6.07, 6.45) is 3.35. The zero-order chi connectivity index (χ0) is 21.6. The van der Waals surface area contributed by atoms with Crippen LogP contribution in [-0.4, -0.2) is 27.1 Å². The molecule has 0 saturated heterocycles. The minimum absolute atomic E-state index is 0.0507. The summed E-state index contributed by atoms with van der Waals surface area (Å²) < 4.78 is 13.2. The van der Waals surface area contributed by atoms with E-state index in [-0.39, 0.29) is 17.9 Å². The van der Waals surface area contributed by atoms with E-state index in [0.717, 1.165) is 22.4 Å². The van der Waals surface area contributed by atoms with E-state index in [0.29, 0.717) is 11.4 Å². The monoisotopic (exact) mass is 411 g/mol. The minimum Gasteiger partial charge on any atom is -0.334 e. The molecule has 0 N–H and O–H groups in total. The molecule has 0 saturated carbocycles. The van der Waals surface area contributed by atoms with Crippen LogP contribution in [0.3, 0.4) is 0 Å². The smallest absolute Gasteiger partial charge is 0.227 e. The number of aryl methyl sites for hydroxylation is 1. The maximum Gasteiger partial charge on any atom is 0.227 e. The topological polar surface area (TPSA) is 37.4 Å². The van der Waals surface area contributed by atoms with Crippen LogP contribution in [0.4, 0.5) is 0 Å². The average Bonchev–Trinajstić information content (AvgIpc) is 2.66. The van der Waals surface area contributed by atoms with Gasteiger partial charge in [0.25, 0.3) is 0 Å². The molecule has 0 heterocycles. The molecule has 4 heteroatoms. The summed E-state index contributed by atoms with van der Waals surface area (Å²) in [6, 6.07) is 15.3. The normalized spacial score (nSPS) is 13.2. The van der Waals surface area contributed by atoms with Crippen molar-refractivity contribution in [2.45, 2.75) is 69.7 Å². The van der Waals surface area contributed by atoms with Gasteiger partial charge in [0.2, 0.25) is 5.91 Å². The Morgan fingerprint density at radius 2 is 1.69 bits per heavy atom. The molecule has 0 spiro atoms. The first kappa shape index (κ1) is 23.1. The van der Waals surface area contributed by atoms with Crippen molar-refractivity contribution >= 4 is 16.7 Å². The third kappa shape index (κ3) is 6.40. The zero-order valence-electron chi connectivity index (χ0n) is 18.5. The molecular weight excluding hydrogens is 378 g/mol. The number of hydrogen-bond donors (Lipinski definition) is 0. The molecule has 0 radical (unpaired) electrons. The number of carbonyl (C=O) groups excluding carboxylic acids is 1. The lowest BCUT2D eigenvalue weighted by Gasteiger charge is -2.36. The van der Waals surface area contributed by atoms with Crippen LogP contribution in [0.15, 0.2) is 70.0 Å². The molecule has 0 aromatic heterocycles. The number of benzene rings is 2. The predicted octanol–water partition coefficient (Wildman–Crippen LogP) is 5.69. The van der Waals surface area contributed by atoms with E-state index in [1.807, 2.05) is 60.4 Å². The van der Waals surface area contributed by atoms with Crippen molar-refractivity contribution in [3.05, 3.63) is 71.3 Å². The maximum atomic E-state index is 13.3. The maximum absolute atomic E-state index is 13.3. The van der Waals surface area contributed by atoms with Gasteiger partial charge in [0.15, 0.2) is 0 Å². The molecule has 0 aliphatic heterocycles. The molecule has 29 heavy (non-hydrogen) atoms. The van der Waals surface area contributed by atoms with Gasteiger partial charge >= 0.3 is 0 Å². The van der Waals surface area contributed by atoms with Crippen LogP contribution in [0.25, 0.3) is 0 Å². The summed E-state index contributed by atoms with van der Waals surface area (Å²) in [6.45, 7) is 13.0. The first-order chi connectivity index (χ1) is 13.6. The third-order valence-electron chi connectivity index (χ3n) is 4.82. The first-order valence-corrected chi connectivity index (χ1v) is 11.3. The molecule has 2 aromatic carbocycles. The van der Waals surface area contributed by atoms with E-state index in [4.69, 9.17) is 0 Å². The van der Waals surface area contributed by atoms with Crippen LogP contribution in [0.5, 0.6) is 0 Å². The molecule has 1 unspecified atom stereocenters. The highest BCUT2D eigenvalue weighted by atomic mass is 32.2. The second kappa shape index (κ2) is 10.0. The molecule has 0 bridgehead atoms. The van der Waals surface area contributed by atoms with Crippen LogP contribution in [-0.2, 0) is 22.0 Å². The second-order valence-electron chi connectivity index (χ2n) is 8.48. The Hall–Kier alpha value is -2.20. The predicted molar refractivity (Wildman–Crippen MR) is 122 cm³/mol. The molecule has 156 valence electrons. The van der Waals surface area contributed by atoms with Gasteiger partial charge in [-0.25, -0.2) is 4.21 Å². The van der Waals surface area contributed by atoms with E-state index in [1.54, 1.807) is 0 Å². The van der Waals surface area contributed by atoms with Gasteiger partial charge < -0.3 is 4.90 Å². The lowest BCUT2D eigenvalue weighted by atomic mass is 10.0. The van der Waals surface area contributed by atoms with Crippen LogP contribution >= 0.6 is 0 Å². The third-order valence-corrected chi connectivity index (χ3v) is 6.32. The van der Waals surface area contributed by atoms with E-state index < -0.39 is 10.8 Å². The van der Waals surface area contributed by atoms with Gasteiger partial charge in [-0.1, -0.05) is 54.5 Å². The van der Waals surface area contributed by atoms with E-state index >= 15 is 0 Å². The summed E-state index contributed by atoms with van der Waals surface area (Å²) in [5.74, 6) is 0.0507. The van der Waals surface area contributed by atoms with E-state index in [1.165, 1.54) is 5.57 Å². The van der Waals surface area contributed by atoms with Crippen molar-refractivity contribution in [1.29, 1.82) is 0 Å². The van der Waals surface area contributed by atoms with Crippen molar-refractivity contribution in [3.8, 4) is 0 Å². The second-order valence-corrected chi connectivity index (χ2v) is 9.92. The standard InChI is InChI=1S/C25H33NO2S/c1-7-10-20(3)18-26(25(4,5)6)24(27)17-21-11-8-9-12-23(21)29(28)22-15-13-19(2)14-16-22/h8-16H,7,17-18H2,1-6H3/b20-10+. The van der Waals surface area contributed by atoms with Gasteiger partial charge in [0.05, 0.1) is 17.2 Å². The lowest BCUT2D eigenvalue weighted by molar-refractivity contribution is -0.134. The van der Waals surface area contributed by atoms with Crippen LogP contribution in [0, 0.1) is 6.92 Å². The molecule has 0 fully saturated rings. The number of hydrogen-bond acceptors (Lipinski definition) is 2. The Bertz CT molecular complexity index is 892. The molecule has 0 aliphatic rings. The Balaban J connectivity index is 2.30. The molecule has 2 rings (SSSR count). The van der Waals surface area contributed by atoms with Gasteiger partial charge in [-0.15, -0.1) is 0 Å². The van der Waals surface area contributed by atoms with Crippen molar-refractivity contribution in [2.75, 3.05) is 6.54 Å². The summed E-state index contributed by atoms with van der Waals surface area (Å²) >= 11 is 0. The number of nitrogens with zero attached hydrogens (tertiary/aromatic N) is 1. The van der Waals surface area contributed by atoms with Gasteiger partial charge in [0, 0.05) is 21.9 Å². The summed E-state index contributed by atoms with van der Waals surface area (Å²) in [5, 5.41) is 0. The fraction of sp³-hybridized carbons (Fsp3) is 0.400. The van der Waals surface area contributed by atoms with Crippen molar-refractivity contribution < 1.29 is 9.00 Å². The van der Waals surface area contributed by atoms with Crippen LogP contribution in [0.1, 0.15) is 52.2 Å². The Morgan fingerprint density at radius 1 is 1.07 bits per heavy atom. The summed E-state index contributed by atoms with van der Waals surface area (Å²) in [4.78, 5) is 16.6. The fourth-order valence-corrected chi connectivity index (χ4v) is 4.46. The quantitative estimate of drug-likeness (QED) is 0.549. The highest BCUT2D eigenvalue weighted by Crippen LogP contribution is 2.23. The SMILES string of the molecule is CC/C=C(\C)CN(C(=O)Cc1ccccc1S(=O)c1ccc(C)cc1)C(C)(C)C. The van der Waals surface area contributed by atoms with E-state index in [9.17, 15) is 9.00 Å². The summed E-state index contributed by atoms with van der Waals surface area (Å²) in [7, 11) is -1.31. The number of carbonyl (C=O) groups is 1. The average molecular weight is 412 g/mol. The molecule has 2 aromatic rings. The molecule has 3 nitrogen and oxygen atoms in total. The first-order valence-electron chi connectivity index (χ1n) is 10.2. The van der Waals surface area contributed by atoms with Gasteiger partial charge in [-0.3, -0.25) is 4.79 Å². The fourth-order valence-electron chi connectivity index (χ4n) is 3.24. The number of allylic oxidation sites excluding steroid dienone is 1. The van der Waals surface area contributed by atoms with Crippen LogP contribution in [0.2, 0.25) is 0 Å². The Labute approximate surface area is 178 Å². The molecule has 1 amide bonds. The molecule has 0 aliphatic carbocycles. The zero-order valence-corrected chi connectivity index (χ0v) is 19.3. The largest absolute Gasteiger partial charge is 0.334 e. The van der Waals surface area contributed by atoms with Gasteiger partial charge in [0.1, 0.15) is 0 Å². The van der Waals surface area contributed by atoms with Crippen molar-refractivity contribution in [3.63, 3.8) is 0 Å². The van der Waals surface area contributed by atoms with Crippen molar-refractivity contribution in [1.82, 2.24) is 4.90 Å². The minimum atomic E-state index is -1.31. The lowest BCUT2D eigenvalue weighted by Crippen LogP contribution is -2.47. The van der Waals surface area contributed by atoms with Gasteiger partial charge in [-0.05, 0) is 64.8 Å². The van der Waals surface area contributed by atoms with E-state index in [2.05, 4.69) is 40.7 Å². The molecule has 1 atom stereocenters. The summed E-state index contributed by atoms with van der Waals surface area (Å²) in [5.41, 5.74) is 2.85. The number of rotatable bonds is 7. The van der Waals surface area contributed by atoms with Crippen LogP contribution < -0.4 is 0 Å². The highest BCUT2D eigenvalue weighted by molar-refractivity contribution is 7.85. The molecular formula is C25H33NO2S. The Kier molecular flexibility index (Phi) is 7.97.